The fourth-order valence-electron chi connectivity index (χ4n) is 3.21. The monoisotopic (exact) mass is 451 g/mol. The van der Waals surface area contributed by atoms with Gasteiger partial charge in [-0.05, 0) is 19.8 Å². The molecule has 0 aromatic carbocycles. The van der Waals surface area contributed by atoms with Crippen molar-refractivity contribution in [2.24, 2.45) is 10.1 Å². The number of oxime groups is 1. The molecule has 1 aliphatic rings. The van der Waals surface area contributed by atoms with Crippen molar-refractivity contribution in [1.29, 1.82) is 0 Å². The van der Waals surface area contributed by atoms with Gasteiger partial charge < -0.3 is 19.7 Å². The SMILES string of the molecule is CCCCCCCOc1cc([C@@H](CCC)NC(=O)C2CSC(/C(C)=N/O)=N2)oc(=O)c1. The highest BCUT2D eigenvalue weighted by Gasteiger charge is 2.29. The molecule has 1 unspecified atom stereocenters. The Morgan fingerprint density at radius 3 is 2.81 bits per heavy atom. The maximum absolute atomic E-state index is 12.7. The van der Waals surface area contributed by atoms with E-state index in [1.807, 2.05) is 6.92 Å². The molecule has 0 aliphatic carbocycles. The summed E-state index contributed by atoms with van der Waals surface area (Å²) in [6.07, 6.45) is 7.02. The first kappa shape index (κ1) is 25.0. The van der Waals surface area contributed by atoms with Crippen molar-refractivity contribution < 1.29 is 19.2 Å². The van der Waals surface area contributed by atoms with E-state index < -0.39 is 17.7 Å². The third kappa shape index (κ3) is 8.05. The summed E-state index contributed by atoms with van der Waals surface area (Å²) in [6.45, 7) is 6.35. The smallest absolute Gasteiger partial charge is 0.339 e. The second kappa shape index (κ2) is 13.2. The first-order valence-electron chi connectivity index (χ1n) is 11.0. The maximum Gasteiger partial charge on any atom is 0.339 e. The molecule has 1 aliphatic heterocycles. The predicted octanol–water partition coefficient (Wildman–Crippen LogP) is 4.31. The number of amides is 1. The van der Waals surface area contributed by atoms with Gasteiger partial charge in [0.25, 0.3) is 0 Å². The number of unbranched alkanes of at least 4 members (excludes halogenated alkanes) is 4. The van der Waals surface area contributed by atoms with Gasteiger partial charge in [-0.1, -0.05) is 51.1 Å². The molecule has 2 rings (SSSR count). The molecule has 31 heavy (non-hydrogen) atoms. The van der Waals surface area contributed by atoms with Gasteiger partial charge in [0.05, 0.1) is 18.7 Å². The van der Waals surface area contributed by atoms with E-state index in [1.54, 1.807) is 13.0 Å². The third-order valence-corrected chi connectivity index (χ3v) is 6.09. The fraction of sp³-hybridized carbons (Fsp3) is 0.636. The molecule has 172 valence electrons. The molecule has 8 nitrogen and oxygen atoms in total. The van der Waals surface area contributed by atoms with Crippen molar-refractivity contribution in [2.45, 2.75) is 77.8 Å². The second-order valence-electron chi connectivity index (χ2n) is 7.57. The molecular formula is C22H33N3O5S. The van der Waals surface area contributed by atoms with Crippen LogP contribution in [-0.4, -0.2) is 40.3 Å². The van der Waals surface area contributed by atoms with Crippen LogP contribution in [0.25, 0.3) is 0 Å². The van der Waals surface area contributed by atoms with Crippen molar-refractivity contribution in [3.63, 3.8) is 0 Å². The molecule has 0 radical (unpaired) electrons. The zero-order chi connectivity index (χ0) is 22.6. The van der Waals surface area contributed by atoms with Crippen LogP contribution < -0.4 is 15.7 Å². The Bertz CT molecular complexity index is 837. The maximum atomic E-state index is 12.7. The molecule has 2 heterocycles. The Hall–Kier alpha value is -2.29. The van der Waals surface area contributed by atoms with Crippen molar-refractivity contribution in [3.05, 3.63) is 28.3 Å². The van der Waals surface area contributed by atoms with Crippen LogP contribution in [0.2, 0.25) is 0 Å². The lowest BCUT2D eigenvalue weighted by Crippen LogP contribution is -2.37. The van der Waals surface area contributed by atoms with E-state index in [4.69, 9.17) is 14.4 Å². The summed E-state index contributed by atoms with van der Waals surface area (Å²) in [7, 11) is 0. The van der Waals surface area contributed by atoms with E-state index in [0.29, 0.717) is 41.0 Å². The first-order chi connectivity index (χ1) is 15.0. The number of hydrogen-bond donors (Lipinski definition) is 2. The Morgan fingerprint density at radius 2 is 2.10 bits per heavy atom. The number of nitrogens with zero attached hydrogens (tertiary/aromatic N) is 2. The summed E-state index contributed by atoms with van der Waals surface area (Å²) in [6, 6.07) is 2.00. The Labute approximate surface area is 187 Å². The number of ether oxygens (including phenoxy) is 1. The number of carbonyl (C=O) groups is 1. The van der Waals surface area contributed by atoms with Gasteiger partial charge in [0.1, 0.15) is 28.3 Å². The molecule has 0 spiro atoms. The standard InChI is InChI=1S/C22H33N3O5S/c1-4-6-7-8-9-11-29-16-12-19(30-20(26)13-16)17(10-5-2)23-21(27)18-14-31-22(24-18)15(3)25-28/h12-13,17-18,28H,4-11,14H2,1-3H3,(H,23,27)/b25-15+/t17-,18?/m1/s1. The second-order valence-corrected chi connectivity index (χ2v) is 8.58. The number of rotatable bonds is 13. The summed E-state index contributed by atoms with van der Waals surface area (Å²) >= 11 is 1.37. The minimum Gasteiger partial charge on any atom is -0.493 e. The van der Waals surface area contributed by atoms with Gasteiger partial charge in [-0.3, -0.25) is 9.79 Å². The van der Waals surface area contributed by atoms with Crippen LogP contribution in [0.15, 0.2) is 31.5 Å². The molecule has 2 atom stereocenters. The highest BCUT2D eigenvalue weighted by atomic mass is 32.2. The fourth-order valence-corrected chi connectivity index (χ4v) is 4.21. The van der Waals surface area contributed by atoms with Gasteiger partial charge in [-0.25, -0.2) is 4.79 Å². The van der Waals surface area contributed by atoms with Gasteiger partial charge in [0, 0.05) is 11.8 Å². The summed E-state index contributed by atoms with van der Waals surface area (Å²) in [5.74, 6) is 1.06. The van der Waals surface area contributed by atoms with Gasteiger partial charge >= 0.3 is 5.63 Å². The average molecular weight is 452 g/mol. The minimum atomic E-state index is -0.578. The van der Waals surface area contributed by atoms with Gasteiger partial charge in [0.15, 0.2) is 0 Å². The van der Waals surface area contributed by atoms with Crippen LogP contribution in [0, 0.1) is 0 Å². The molecule has 0 bridgehead atoms. The number of thioether (sulfide) groups is 1. The summed E-state index contributed by atoms with van der Waals surface area (Å²) in [5.41, 5.74) is -0.115. The van der Waals surface area contributed by atoms with Crippen LogP contribution >= 0.6 is 11.8 Å². The molecule has 0 fully saturated rings. The molecular weight excluding hydrogens is 418 g/mol. The zero-order valence-corrected chi connectivity index (χ0v) is 19.4. The van der Waals surface area contributed by atoms with E-state index in [-0.39, 0.29) is 5.91 Å². The van der Waals surface area contributed by atoms with E-state index in [0.717, 1.165) is 19.3 Å². The number of hydrogen-bond acceptors (Lipinski definition) is 8. The molecule has 0 saturated heterocycles. The minimum absolute atomic E-state index is 0.253. The number of nitrogens with one attached hydrogen (secondary N) is 1. The average Bonchev–Trinajstić information content (AvgIpc) is 3.25. The lowest BCUT2D eigenvalue weighted by Gasteiger charge is -2.19. The summed E-state index contributed by atoms with van der Waals surface area (Å²) < 4.78 is 11.1. The topological polar surface area (TPSA) is 113 Å². The van der Waals surface area contributed by atoms with Gasteiger partial charge in [-0.15, -0.1) is 11.8 Å². The van der Waals surface area contributed by atoms with Crippen LogP contribution in [0.1, 0.15) is 77.5 Å². The normalized spacial score (nSPS) is 17.3. The molecule has 1 aromatic rings. The zero-order valence-electron chi connectivity index (χ0n) is 18.6. The van der Waals surface area contributed by atoms with Gasteiger partial charge in [-0.2, -0.15) is 0 Å². The van der Waals surface area contributed by atoms with E-state index in [9.17, 15) is 9.59 Å². The van der Waals surface area contributed by atoms with E-state index in [1.165, 1.54) is 37.1 Å². The first-order valence-corrected chi connectivity index (χ1v) is 11.9. The van der Waals surface area contributed by atoms with Gasteiger partial charge in [0.2, 0.25) is 5.91 Å². The lowest BCUT2D eigenvalue weighted by molar-refractivity contribution is -0.122. The van der Waals surface area contributed by atoms with Crippen molar-refractivity contribution in [3.8, 4) is 5.75 Å². The quantitative estimate of drug-likeness (QED) is 0.200. The summed E-state index contributed by atoms with van der Waals surface area (Å²) in [4.78, 5) is 29.1. The largest absolute Gasteiger partial charge is 0.493 e. The van der Waals surface area contributed by atoms with Crippen LogP contribution in [0.5, 0.6) is 5.75 Å². The van der Waals surface area contributed by atoms with Crippen molar-refractivity contribution >= 4 is 28.4 Å². The van der Waals surface area contributed by atoms with Crippen LogP contribution in [0.3, 0.4) is 0 Å². The molecule has 1 amide bonds. The van der Waals surface area contributed by atoms with E-state index in [2.05, 4.69) is 22.4 Å². The molecule has 1 aromatic heterocycles. The predicted molar refractivity (Wildman–Crippen MR) is 124 cm³/mol. The molecule has 0 saturated carbocycles. The van der Waals surface area contributed by atoms with Crippen LogP contribution in [-0.2, 0) is 4.79 Å². The van der Waals surface area contributed by atoms with E-state index >= 15 is 0 Å². The summed E-state index contributed by atoms with van der Waals surface area (Å²) in [5, 5.41) is 15.5. The number of aliphatic imine (C=N–C) groups is 1. The Kier molecular flexibility index (Phi) is 10.6. The molecule has 2 N–H and O–H groups in total. The van der Waals surface area contributed by atoms with Crippen molar-refractivity contribution in [1.82, 2.24) is 5.32 Å². The van der Waals surface area contributed by atoms with Crippen LogP contribution in [0.4, 0.5) is 0 Å². The Morgan fingerprint density at radius 1 is 1.32 bits per heavy atom. The Balaban J connectivity index is 2.03. The highest BCUT2D eigenvalue weighted by Crippen LogP contribution is 2.24. The highest BCUT2D eigenvalue weighted by molar-refractivity contribution is 8.16. The van der Waals surface area contributed by atoms with Crippen molar-refractivity contribution in [2.75, 3.05) is 12.4 Å². The lowest BCUT2D eigenvalue weighted by atomic mass is 10.1. The third-order valence-electron chi connectivity index (χ3n) is 4.93. The number of carbonyl (C=O) groups excluding carboxylic acids is 1. The molecule has 9 heteroatoms.